The number of aromatic nitrogens is 1. The number of hydrogen-bond donors (Lipinski definition) is 1. The molecule has 2 amide bonds. The second-order valence-corrected chi connectivity index (χ2v) is 8.82. The number of hydrogen-bond acceptors (Lipinski definition) is 4. The van der Waals surface area contributed by atoms with Gasteiger partial charge in [0.05, 0.1) is 30.2 Å². The van der Waals surface area contributed by atoms with Crippen molar-refractivity contribution in [1.82, 2.24) is 15.2 Å². The van der Waals surface area contributed by atoms with Gasteiger partial charge in [0.15, 0.2) is 0 Å². The normalized spacial score (nSPS) is 17.3. The molecule has 1 fully saturated rings. The molecule has 0 aliphatic carbocycles. The number of carbonyl (C=O) groups excluding carboxylic acids is 2. The maximum atomic E-state index is 13.6. The molecule has 0 radical (unpaired) electrons. The number of nitriles is 1. The quantitative estimate of drug-likeness (QED) is 0.509. The molecule has 178 valence electrons. The van der Waals surface area contributed by atoms with Crippen molar-refractivity contribution in [2.24, 2.45) is 0 Å². The number of pyridine rings is 1. The highest BCUT2D eigenvalue weighted by molar-refractivity contribution is 6.30. The number of benzene rings is 2. The molecule has 3 aromatic rings. The molecule has 9 heteroatoms. The Bertz CT molecular complexity index is 1370. The van der Waals surface area contributed by atoms with Crippen LogP contribution in [0.25, 0.3) is 22.6 Å². The van der Waals surface area contributed by atoms with E-state index in [1.165, 1.54) is 12.3 Å². The SMILES string of the molecule is C/C(=C\c1ccc(Cl)cc1)c1ccc2nccc(C(=O)NCC(=O)N3CC(F)(F)CC3C#N)c2c1. The van der Waals surface area contributed by atoms with Crippen LogP contribution in [0.2, 0.25) is 5.02 Å². The molecule has 4 rings (SSSR count). The maximum Gasteiger partial charge on any atom is 0.268 e. The topological polar surface area (TPSA) is 86.1 Å². The summed E-state index contributed by atoms with van der Waals surface area (Å²) >= 11 is 5.95. The first-order chi connectivity index (χ1) is 16.7. The van der Waals surface area contributed by atoms with Gasteiger partial charge in [-0.25, -0.2) is 8.78 Å². The fourth-order valence-electron chi connectivity index (χ4n) is 4.03. The minimum atomic E-state index is -3.12. The molecule has 35 heavy (non-hydrogen) atoms. The Morgan fingerprint density at radius 2 is 2.00 bits per heavy atom. The maximum absolute atomic E-state index is 13.6. The lowest BCUT2D eigenvalue weighted by Gasteiger charge is -2.19. The van der Waals surface area contributed by atoms with Crippen molar-refractivity contribution in [2.75, 3.05) is 13.1 Å². The molecule has 2 aromatic carbocycles. The lowest BCUT2D eigenvalue weighted by atomic mass is 10.00. The van der Waals surface area contributed by atoms with Gasteiger partial charge in [0.25, 0.3) is 11.8 Å². The van der Waals surface area contributed by atoms with Gasteiger partial charge in [-0.2, -0.15) is 5.26 Å². The van der Waals surface area contributed by atoms with Crippen molar-refractivity contribution in [3.8, 4) is 6.07 Å². The molecule has 1 aromatic heterocycles. The number of nitrogens with zero attached hydrogens (tertiary/aromatic N) is 3. The predicted octanol–water partition coefficient (Wildman–Crippen LogP) is 4.94. The van der Waals surface area contributed by atoms with Gasteiger partial charge >= 0.3 is 0 Å². The number of nitrogens with one attached hydrogen (secondary N) is 1. The summed E-state index contributed by atoms with van der Waals surface area (Å²) in [6.45, 7) is 0.620. The molecule has 1 unspecified atom stereocenters. The average Bonchev–Trinajstić information content (AvgIpc) is 3.17. The minimum Gasteiger partial charge on any atom is -0.343 e. The Kier molecular flexibility index (Phi) is 6.81. The van der Waals surface area contributed by atoms with Crippen LogP contribution in [-0.4, -0.2) is 46.8 Å². The Hall–Kier alpha value is -3.83. The molecular weight excluding hydrogens is 474 g/mol. The van der Waals surface area contributed by atoms with Crippen molar-refractivity contribution in [3.63, 3.8) is 0 Å². The standard InChI is InChI=1S/C26H21ClF2N4O2/c1-16(10-17-2-5-19(27)6-3-17)18-4-7-23-22(11-18)21(8-9-31-23)25(35)32-14-24(34)33-15-26(28,29)12-20(33)13-30/h2-11,20H,12,14-15H2,1H3,(H,32,35)/b16-10+. The fourth-order valence-corrected chi connectivity index (χ4v) is 4.15. The summed E-state index contributed by atoms with van der Waals surface area (Å²) in [5.41, 5.74) is 3.69. The number of amides is 2. The van der Waals surface area contributed by atoms with E-state index in [4.69, 9.17) is 16.9 Å². The number of rotatable bonds is 5. The van der Waals surface area contributed by atoms with E-state index in [0.29, 0.717) is 21.5 Å². The zero-order valence-electron chi connectivity index (χ0n) is 18.8. The van der Waals surface area contributed by atoms with Crippen LogP contribution in [0.5, 0.6) is 0 Å². The monoisotopic (exact) mass is 494 g/mol. The highest BCUT2D eigenvalue weighted by atomic mass is 35.5. The molecular formula is C26H21ClF2N4O2. The van der Waals surface area contributed by atoms with Crippen LogP contribution in [0.4, 0.5) is 8.78 Å². The second-order valence-electron chi connectivity index (χ2n) is 8.38. The van der Waals surface area contributed by atoms with Crippen LogP contribution in [0.1, 0.15) is 34.8 Å². The van der Waals surface area contributed by atoms with E-state index in [0.717, 1.165) is 21.6 Å². The molecule has 6 nitrogen and oxygen atoms in total. The van der Waals surface area contributed by atoms with Crippen LogP contribution < -0.4 is 5.32 Å². The van der Waals surface area contributed by atoms with E-state index in [1.807, 2.05) is 37.3 Å². The van der Waals surface area contributed by atoms with E-state index in [1.54, 1.807) is 24.3 Å². The van der Waals surface area contributed by atoms with E-state index >= 15 is 0 Å². The molecule has 0 bridgehead atoms. The van der Waals surface area contributed by atoms with E-state index in [-0.39, 0.29) is 0 Å². The molecule has 1 aliphatic rings. The summed E-state index contributed by atoms with van der Waals surface area (Å²) in [6.07, 6.45) is 2.77. The molecule has 1 aliphatic heterocycles. The van der Waals surface area contributed by atoms with Gasteiger partial charge in [0.2, 0.25) is 5.91 Å². The van der Waals surface area contributed by atoms with E-state index in [2.05, 4.69) is 10.3 Å². The van der Waals surface area contributed by atoms with E-state index < -0.39 is 43.3 Å². The second kappa shape index (κ2) is 9.80. The number of carbonyl (C=O) groups is 2. The van der Waals surface area contributed by atoms with Gasteiger partial charge in [-0.3, -0.25) is 14.6 Å². The number of fused-ring (bicyclic) bond motifs is 1. The lowest BCUT2D eigenvalue weighted by molar-refractivity contribution is -0.131. The first-order valence-corrected chi connectivity index (χ1v) is 11.2. The number of halogens is 3. The summed E-state index contributed by atoms with van der Waals surface area (Å²) in [5, 5.41) is 12.8. The van der Waals surface area contributed by atoms with Crippen molar-refractivity contribution < 1.29 is 18.4 Å². The van der Waals surface area contributed by atoms with Gasteiger partial charge < -0.3 is 10.2 Å². The Morgan fingerprint density at radius 3 is 2.71 bits per heavy atom. The molecule has 0 spiro atoms. The lowest BCUT2D eigenvalue weighted by Crippen LogP contribution is -2.43. The summed E-state index contributed by atoms with van der Waals surface area (Å²) in [7, 11) is 0. The highest BCUT2D eigenvalue weighted by Gasteiger charge is 2.47. The third-order valence-electron chi connectivity index (χ3n) is 5.83. The van der Waals surface area contributed by atoms with Crippen LogP contribution in [0.15, 0.2) is 54.7 Å². The summed E-state index contributed by atoms with van der Waals surface area (Å²) in [4.78, 5) is 30.5. The van der Waals surface area contributed by atoms with Crippen LogP contribution in [0.3, 0.4) is 0 Å². The molecule has 1 saturated heterocycles. The third kappa shape index (κ3) is 5.47. The first kappa shape index (κ1) is 24.3. The summed E-state index contributed by atoms with van der Waals surface area (Å²) in [5.74, 6) is -4.39. The molecule has 2 heterocycles. The van der Waals surface area contributed by atoms with Crippen molar-refractivity contribution in [1.29, 1.82) is 5.26 Å². The first-order valence-electron chi connectivity index (χ1n) is 10.8. The smallest absolute Gasteiger partial charge is 0.268 e. The molecule has 1 N–H and O–H groups in total. The molecule has 0 saturated carbocycles. The zero-order valence-corrected chi connectivity index (χ0v) is 19.5. The van der Waals surface area contributed by atoms with Gasteiger partial charge in [-0.05, 0) is 54.0 Å². The third-order valence-corrected chi connectivity index (χ3v) is 6.09. The van der Waals surface area contributed by atoms with E-state index in [9.17, 15) is 18.4 Å². The van der Waals surface area contributed by atoms with Crippen LogP contribution >= 0.6 is 11.6 Å². The highest BCUT2D eigenvalue weighted by Crippen LogP contribution is 2.31. The summed E-state index contributed by atoms with van der Waals surface area (Å²) in [6, 6.07) is 15.0. The fraction of sp³-hybridized carbons (Fsp3) is 0.231. The summed E-state index contributed by atoms with van der Waals surface area (Å²) < 4.78 is 27.3. The minimum absolute atomic E-state index is 0.299. The van der Waals surface area contributed by atoms with Gasteiger partial charge in [0, 0.05) is 23.0 Å². The predicted molar refractivity (Wildman–Crippen MR) is 130 cm³/mol. The van der Waals surface area contributed by atoms with Crippen molar-refractivity contribution >= 4 is 46.0 Å². The Labute approximate surface area is 205 Å². The number of likely N-dealkylation sites (tertiary alicyclic amines) is 1. The molecule has 1 atom stereocenters. The Morgan fingerprint density at radius 1 is 1.26 bits per heavy atom. The van der Waals surface area contributed by atoms with Gasteiger partial charge in [-0.1, -0.05) is 35.9 Å². The van der Waals surface area contributed by atoms with Crippen molar-refractivity contribution in [3.05, 3.63) is 76.4 Å². The van der Waals surface area contributed by atoms with Crippen molar-refractivity contribution in [2.45, 2.75) is 25.3 Å². The number of allylic oxidation sites excluding steroid dienone is 1. The Balaban J connectivity index is 1.54. The van der Waals surface area contributed by atoms with Crippen LogP contribution in [0, 0.1) is 11.3 Å². The zero-order chi connectivity index (χ0) is 25.2. The van der Waals surface area contributed by atoms with Crippen LogP contribution in [-0.2, 0) is 4.79 Å². The largest absolute Gasteiger partial charge is 0.343 e. The number of alkyl halides is 2. The average molecular weight is 495 g/mol. The van der Waals surface area contributed by atoms with Gasteiger partial charge in [-0.15, -0.1) is 0 Å². The van der Waals surface area contributed by atoms with Gasteiger partial charge in [0.1, 0.15) is 6.04 Å².